The van der Waals surface area contributed by atoms with Crippen molar-refractivity contribution in [3.63, 3.8) is 0 Å². The van der Waals surface area contributed by atoms with Crippen LogP contribution in [0.15, 0.2) is 71.9 Å². The van der Waals surface area contributed by atoms with Gasteiger partial charge in [0.2, 0.25) is 5.91 Å². The summed E-state index contributed by atoms with van der Waals surface area (Å²) < 4.78 is 13.1. The van der Waals surface area contributed by atoms with Crippen LogP contribution in [-0.2, 0) is 11.4 Å². The Kier molecular flexibility index (Phi) is 8.41. The summed E-state index contributed by atoms with van der Waals surface area (Å²) in [6, 6.07) is 20.0. The van der Waals surface area contributed by atoms with Crippen molar-refractivity contribution >= 4 is 58.2 Å². The van der Waals surface area contributed by atoms with E-state index in [0.717, 1.165) is 5.69 Å². The Bertz CT molecular complexity index is 1310. The summed E-state index contributed by atoms with van der Waals surface area (Å²) in [4.78, 5) is 12.6. The number of hydrogen-bond donors (Lipinski definition) is 1. The number of thioether (sulfide) groups is 1. The third-order valence-corrected chi connectivity index (χ3v) is 6.49. The van der Waals surface area contributed by atoms with Crippen molar-refractivity contribution in [1.82, 2.24) is 14.8 Å². The number of carbonyl (C=O) groups excluding carboxylic acids is 1. The highest BCUT2D eigenvalue weighted by Gasteiger charge is 2.18. The van der Waals surface area contributed by atoms with Crippen molar-refractivity contribution in [2.24, 2.45) is 0 Å². The van der Waals surface area contributed by atoms with Gasteiger partial charge < -0.3 is 14.8 Å². The molecule has 0 atom stereocenters. The lowest BCUT2D eigenvalue weighted by atomic mass is 10.3. The van der Waals surface area contributed by atoms with E-state index in [4.69, 9.17) is 44.3 Å². The summed E-state index contributed by atoms with van der Waals surface area (Å²) in [5.41, 5.74) is 1.14. The second-order valence-corrected chi connectivity index (χ2v) is 9.28. The maximum absolute atomic E-state index is 12.6. The summed E-state index contributed by atoms with van der Waals surface area (Å²) in [5.74, 6) is 1.50. The van der Waals surface area contributed by atoms with Crippen molar-refractivity contribution in [2.75, 3.05) is 18.2 Å². The van der Waals surface area contributed by atoms with Gasteiger partial charge in [-0.2, -0.15) is 0 Å². The molecule has 0 unspecified atom stereocenters. The van der Waals surface area contributed by atoms with Crippen molar-refractivity contribution in [3.8, 4) is 17.2 Å². The summed E-state index contributed by atoms with van der Waals surface area (Å²) in [7, 11) is 1.58. The van der Waals surface area contributed by atoms with E-state index in [2.05, 4.69) is 15.5 Å². The van der Waals surface area contributed by atoms with Crippen molar-refractivity contribution in [1.29, 1.82) is 0 Å². The zero-order valence-corrected chi connectivity index (χ0v) is 21.5. The Balaban J connectivity index is 1.52. The van der Waals surface area contributed by atoms with E-state index in [-0.39, 0.29) is 28.3 Å². The molecule has 1 heterocycles. The van der Waals surface area contributed by atoms with E-state index < -0.39 is 0 Å². The van der Waals surface area contributed by atoms with Crippen LogP contribution in [0.25, 0.3) is 5.69 Å². The largest absolute Gasteiger partial charge is 0.493 e. The number of ether oxygens (including phenoxy) is 2. The molecular formula is C24H19Cl3N4O3S. The van der Waals surface area contributed by atoms with Gasteiger partial charge in [-0.3, -0.25) is 9.36 Å². The van der Waals surface area contributed by atoms with Crippen LogP contribution < -0.4 is 14.8 Å². The Labute approximate surface area is 221 Å². The lowest BCUT2D eigenvalue weighted by Crippen LogP contribution is -2.15. The van der Waals surface area contributed by atoms with E-state index in [1.807, 2.05) is 59.2 Å². The SMILES string of the molecule is COc1ccccc1OCc1nnc(SCC(=O)Nc2c(Cl)cc(Cl)cc2Cl)n1-c1ccccc1. The molecule has 0 radical (unpaired) electrons. The van der Waals surface area contributed by atoms with Crippen LogP contribution in [0.4, 0.5) is 5.69 Å². The van der Waals surface area contributed by atoms with Crippen LogP contribution in [0.3, 0.4) is 0 Å². The smallest absolute Gasteiger partial charge is 0.234 e. The molecule has 3 aromatic carbocycles. The van der Waals surface area contributed by atoms with Gasteiger partial charge in [0.25, 0.3) is 0 Å². The molecule has 35 heavy (non-hydrogen) atoms. The molecule has 4 aromatic rings. The fourth-order valence-corrected chi connectivity index (χ4v) is 4.85. The predicted octanol–water partition coefficient (Wildman–Crippen LogP) is 6.55. The first-order chi connectivity index (χ1) is 17.0. The lowest BCUT2D eigenvalue weighted by Gasteiger charge is -2.13. The minimum absolute atomic E-state index is 0.0492. The molecule has 0 aliphatic rings. The fourth-order valence-electron chi connectivity index (χ4n) is 3.17. The molecule has 0 aliphatic carbocycles. The monoisotopic (exact) mass is 548 g/mol. The number of nitrogens with one attached hydrogen (secondary N) is 1. The standard InChI is InChI=1S/C24H19Cl3N4O3S/c1-33-19-9-5-6-10-20(19)34-13-21-29-30-24(31(21)16-7-3-2-4-8-16)35-14-22(32)28-23-17(26)11-15(25)12-18(23)27/h2-12H,13-14H2,1H3,(H,28,32). The van der Waals surface area contributed by atoms with Gasteiger partial charge in [-0.1, -0.05) is 76.9 Å². The predicted molar refractivity (Wildman–Crippen MR) is 140 cm³/mol. The number of aromatic nitrogens is 3. The molecule has 180 valence electrons. The summed E-state index contributed by atoms with van der Waals surface area (Å²) in [5, 5.41) is 12.7. The number of amides is 1. The zero-order valence-electron chi connectivity index (χ0n) is 18.4. The number of halogens is 3. The van der Waals surface area contributed by atoms with Crippen LogP contribution >= 0.6 is 46.6 Å². The number of rotatable bonds is 9. The number of para-hydroxylation sites is 3. The number of nitrogens with zero attached hydrogens (tertiary/aromatic N) is 3. The molecule has 4 rings (SSSR count). The Morgan fingerprint density at radius 3 is 2.31 bits per heavy atom. The molecule has 0 saturated carbocycles. The number of benzene rings is 3. The minimum atomic E-state index is -0.310. The molecule has 0 saturated heterocycles. The van der Waals surface area contributed by atoms with Gasteiger partial charge in [-0.15, -0.1) is 10.2 Å². The number of methoxy groups -OCH3 is 1. The van der Waals surface area contributed by atoms with Crippen molar-refractivity contribution in [3.05, 3.63) is 87.6 Å². The molecule has 7 nitrogen and oxygen atoms in total. The molecule has 1 amide bonds. The van der Waals surface area contributed by atoms with Crippen LogP contribution in [0.2, 0.25) is 15.1 Å². The zero-order chi connectivity index (χ0) is 24.8. The number of anilines is 1. The summed E-state index contributed by atoms with van der Waals surface area (Å²) in [6.45, 7) is 0.144. The van der Waals surface area contributed by atoms with Gasteiger partial charge in [0.15, 0.2) is 22.5 Å². The van der Waals surface area contributed by atoms with E-state index in [0.29, 0.717) is 33.2 Å². The van der Waals surface area contributed by atoms with Crippen LogP contribution in [0.1, 0.15) is 5.82 Å². The second-order valence-electron chi connectivity index (χ2n) is 7.09. The number of carbonyl (C=O) groups is 1. The molecule has 0 spiro atoms. The van der Waals surface area contributed by atoms with Gasteiger partial charge in [-0.25, -0.2) is 0 Å². The molecule has 0 fully saturated rings. The maximum Gasteiger partial charge on any atom is 0.234 e. The third-order valence-electron chi connectivity index (χ3n) is 4.74. The highest BCUT2D eigenvalue weighted by Crippen LogP contribution is 2.34. The van der Waals surface area contributed by atoms with Crippen LogP contribution in [-0.4, -0.2) is 33.5 Å². The average Bonchev–Trinajstić information content (AvgIpc) is 3.27. The number of hydrogen-bond acceptors (Lipinski definition) is 6. The summed E-state index contributed by atoms with van der Waals surface area (Å²) >= 11 is 19.5. The van der Waals surface area contributed by atoms with Gasteiger partial charge in [-0.05, 0) is 36.4 Å². The van der Waals surface area contributed by atoms with Gasteiger partial charge >= 0.3 is 0 Å². The molecule has 1 N–H and O–H groups in total. The Morgan fingerprint density at radius 1 is 0.971 bits per heavy atom. The molecular weight excluding hydrogens is 531 g/mol. The fraction of sp³-hybridized carbons (Fsp3) is 0.125. The van der Waals surface area contributed by atoms with E-state index >= 15 is 0 Å². The average molecular weight is 550 g/mol. The van der Waals surface area contributed by atoms with E-state index in [1.54, 1.807) is 7.11 Å². The Hall–Kier alpha value is -2.91. The van der Waals surface area contributed by atoms with Crippen LogP contribution in [0.5, 0.6) is 11.5 Å². The molecule has 0 bridgehead atoms. The topological polar surface area (TPSA) is 78.3 Å². The molecule has 11 heteroatoms. The van der Waals surface area contributed by atoms with Gasteiger partial charge in [0.05, 0.1) is 28.6 Å². The minimum Gasteiger partial charge on any atom is -0.493 e. The molecule has 0 aliphatic heterocycles. The van der Waals surface area contributed by atoms with Gasteiger partial charge in [0, 0.05) is 10.7 Å². The van der Waals surface area contributed by atoms with Crippen LogP contribution in [0, 0.1) is 0 Å². The normalized spacial score (nSPS) is 10.7. The van der Waals surface area contributed by atoms with Crippen molar-refractivity contribution in [2.45, 2.75) is 11.8 Å². The van der Waals surface area contributed by atoms with Crippen molar-refractivity contribution < 1.29 is 14.3 Å². The second kappa shape index (κ2) is 11.7. The van der Waals surface area contributed by atoms with E-state index in [1.165, 1.54) is 23.9 Å². The maximum atomic E-state index is 12.6. The highest BCUT2D eigenvalue weighted by molar-refractivity contribution is 7.99. The summed E-state index contributed by atoms with van der Waals surface area (Å²) in [6.07, 6.45) is 0. The third kappa shape index (κ3) is 6.21. The van der Waals surface area contributed by atoms with E-state index in [9.17, 15) is 4.79 Å². The quantitative estimate of drug-likeness (QED) is 0.239. The Morgan fingerprint density at radius 2 is 1.63 bits per heavy atom. The lowest BCUT2D eigenvalue weighted by molar-refractivity contribution is -0.113. The molecule has 1 aromatic heterocycles. The first-order valence-electron chi connectivity index (χ1n) is 10.3. The first-order valence-corrected chi connectivity index (χ1v) is 12.4. The highest BCUT2D eigenvalue weighted by atomic mass is 35.5. The van der Waals surface area contributed by atoms with Gasteiger partial charge in [0.1, 0.15) is 6.61 Å². The first kappa shape index (κ1) is 25.2.